The molecule has 0 bridgehead atoms. The van der Waals surface area contributed by atoms with Crippen LogP contribution in [0.2, 0.25) is 0 Å². The van der Waals surface area contributed by atoms with Gasteiger partial charge in [-0.2, -0.15) is 5.10 Å². The van der Waals surface area contributed by atoms with Gasteiger partial charge in [0, 0.05) is 63.1 Å². The summed E-state index contributed by atoms with van der Waals surface area (Å²) in [5, 5.41) is 7.89. The van der Waals surface area contributed by atoms with Crippen LogP contribution in [0.1, 0.15) is 42.3 Å². The molecule has 9 nitrogen and oxygen atoms in total. The number of methoxy groups -OCH3 is 1. The van der Waals surface area contributed by atoms with E-state index in [-0.39, 0.29) is 17.9 Å². The number of hydrogen-bond donors (Lipinski definition) is 1. The van der Waals surface area contributed by atoms with Gasteiger partial charge in [-0.15, -0.1) is 0 Å². The fraction of sp³-hybridized carbons (Fsp3) is 0.355. The molecule has 4 rings (SSSR count). The average Bonchev–Trinajstić information content (AvgIpc) is 3.46. The lowest BCUT2D eigenvalue weighted by atomic mass is 10.1. The minimum absolute atomic E-state index is 0.00714. The molecule has 218 valence electrons. The van der Waals surface area contributed by atoms with Gasteiger partial charge in [0.1, 0.15) is 23.6 Å². The number of benzene rings is 2. The summed E-state index contributed by atoms with van der Waals surface area (Å²) >= 11 is 0. The third-order valence-electron chi connectivity index (χ3n) is 6.42. The van der Waals surface area contributed by atoms with Gasteiger partial charge in [-0.25, -0.2) is 4.39 Å². The Bertz CT molecular complexity index is 1500. The number of nitrogens with zero attached hydrogens (tertiary/aromatic N) is 4. The maximum absolute atomic E-state index is 14.5. The van der Waals surface area contributed by atoms with Crippen LogP contribution in [0.5, 0.6) is 11.5 Å². The van der Waals surface area contributed by atoms with Gasteiger partial charge in [0.15, 0.2) is 0 Å². The van der Waals surface area contributed by atoms with Gasteiger partial charge in [0.2, 0.25) is 0 Å². The van der Waals surface area contributed by atoms with Gasteiger partial charge >= 0.3 is 0 Å². The number of halogens is 1. The Labute approximate surface area is 240 Å². The SMILES string of the molecule is CNc1cnn(C(C)(C)C)c1.COCCN(C)C(=O)c1ccc2nccc(Oc3ccc(CC=O)c(F)c3C)c2c1. The second-order valence-corrected chi connectivity index (χ2v) is 10.5. The number of fused-ring (bicyclic) bond motifs is 1. The lowest BCUT2D eigenvalue weighted by Crippen LogP contribution is -2.29. The average molecular weight is 564 g/mol. The van der Waals surface area contributed by atoms with Gasteiger partial charge in [-0.3, -0.25) is 14.5 Å². The van der Waals surface area contributed by atoms with E-state index in [1.807, 2.05) is 24.1 Å². The summed E-state index contributed by atoms with van der Waals surface area (Å²) in [6, 6.07) is 10.0. The van der Waals surface area contributed by atoms with Crippen LogP contribution < -0.4 is 10.1 Å². The molecule has 0 fully saturated rings. The molecule has 0 aliphatic heterocycles. The highest BCUT2D eigenvalue weighted by atomic mass is 19.1. The Morgan fingerprint density at radius 1 is 1.17 bits per heavy atom. The number of pyridine rings is 1. The van der Waals surface area contributed by atoms with Gasteiger partial charge in [0.25, 0.3) is 5.91 Å². The van der Waals surface area contributed by atoms with E-state index in [1.165, 1.54) is 6.07 Å². The molecule has 4 aromatic rings. The Kier molecular flexibility index (Phi) is 10.5. The van der Waals surface area contributed by atoms with Crippen molar-refractivity contribution in [2.24, 2.45) is 0 Å². The van der Waals surface area contributed by atoms with Gasteiger partial charge in [-0.1, -0.05) is 6.07 Å². The third-order valence-corrected chi connectivity index (χ3v) is 6.42. The fourth-order valence-corrected chi connectivity index (χ4v) is 3.91. The van der Waals surface area contributed by atoms with E-state index < -0.39 is 5.82 Å². The molecule has 0 aliphatic rings. The zero-order valence-corrected chi connectivity index (χ0v) is 24.7. The minimum Gasteiger partial charge on any atom is -0.456 e. The summed E-state index contributed by atoms with van der Waals surface area (Å²) in [4.78, 5) is 29.3. The quantitative estimate of drug-likeness (QED) is 0.264. The number of aromatic nitrogens is 3. The second kappa shape index (κ2) is 13.8. The van der Waals surface area contributed by atoms with E-state index in [2.05, 4.69) is 36.2 Å². The van der Waals surface area contributed by atoms with E-state index >= 15 is 0 Å². The maximum atomic E-state index is 14.5. The predicted molar refractivity (Wildman–Crippen MR) is 158 cm³/mol. The van der Waals surface area contributed by atoms with Crippen molar-refractivity contribution >= 4 is 28.8 Å². The molecule has 0 unspecified atom stereocenters. The summed E-state index contributed by atoms with van der Waals surface area (Å²) in [7, 11) is 5.18. The molecule has 0 aliphatic carbocycles. The zero-order valence-electron chi connectivity index (χ0n) is 24.7. The van der Waals surface area contributed by atoms with Crippen LogP contribution in [0, 0.1) is 12.7 Å². The first-order chi connectivity index (χ1) is 19.5. The van der Waals surface area contributed by atoms with Crippen LogP contribution in [0.15, 0.2) is 55.0 Å². The van der Waals surface area contributed by atoms with Crippen molar-refractivity contribution in [1.82, 2.24) is 19.7 Å². The minimum atomic E-state index is -0.464. The molecule has 1 N–H and O–H groups in total. The molecule has 10 heteroatoms. The number of hydrogen-bond acceptors (Lipinski definition) is 7. The van der Waals surface area contributed by atoms with Gasteiger partial charge < -0.3 is 24.5 Å². The summed E-state index contributed by atoms with van der Waals surface area (Å²) in [6.45, 7) is 8.88. The highest BCUT2D eigenvalue weighted by Gasteiger charge is 2.16. The van der Waals surface area contributed by atoms with Crippen molar-refractivity contribution in [3.05, 3.63) is 77.5 Å². The molecule has 41 heavy (non-hydrogen) atoms. The molecule has 2 aromatic carbocycles. The van der Waals surface area contributed by atoms with Gasteiger partial charge in [-0.05, 0) is 63.6 Å². The van der Waals surface area contributed by atoms with Crippen LogP contribution in [-0.4, -0.2) is 66.2 Å². The summed E-state index contributed by atoms with van der Waals surface area (Å²) in [5.74, 6) is 0.182. The first-order valence-electron chi connectivity index (χ1n) is 13.3. The molecular formula is C31H38FN5O4. The molecule has 0 saturated heterocycles. The number of carbonyl (C=O) groups excluding carboxylic acids is 2. The number of likely N-dealkylation sites (N-methyl/N-ethyl adjacent to an activating group) is 1. The summed E-state index contributed by atoms with van der Waals surface area (Å²) < 4.78 is 27.5. The van der Waals surface area contributed by atoms with E-state index in [0.717, 1.165) is 5.69 Å². The number of amides is 1. The highest BCUT2D eigenvalue weighted by Crippen LogP contribution is 2.33. The fourth-order valence-electron chi connectivity index (χ4n) is 3.91. The molecule has 1 amide bonds. The largest absolute Gasteiger partial charge is 0.456 e. The van der Waals surface area contributed by atoms with Crippen molar-refractivity contribution in [3.8, 4) is 11.5 Å². The van der Waals surface area contributed by atoms with Crippen LogP contribution in [-0.2, 0) is 21.5 Å². The maximum Gasteiger partial charge on any atom is 0.253 e. The Morgan fingerprint density at radius 3 is 2.54 bits per heavy atom. The van der Waals surface area contributed by atoms with Crippen LogP contribution in [0.3, 0.4) is 0 Å². The number of carbonyl (C=O) groups is 2. The number of aldehydes is 1. The number of nitrogens with one attached hydrogen (secondary N) is 1. The van der Waals surface area contributed by atoms with Crippen molar-refractivity contribution < 1.29 is 23.5 Å². The van der Waals surface area contributed by atoms with Crippen LogP contribution in [0.25, 0.3) is 10.9 Å². The number of ether oxygens (including phenoxy) is 2. The second-order valence-electron chi connectivity index (χ2n) is 10.5. The Morgan fingerprint density at radius 2 is 1.93 bits per heavy atom. The molecular weight excluding hydrogens is 525 g/mol. The predicted octanol–water partition coefficient (Wildman–Crippen LogP) is 5.61. The van der Waals surface area contributed by atoms with Crippen LogP contribution in [0.4, 0.5) is 10.1 Å². The number of anilines is 1. The summed E-state index contributed by atoms with van der Waals surface area (Å²) in [6.07, 6.45) is 6.09. The van der Waals surface area contributed by atoms with Crippen LogP contribution >= 0.6 is 0 Å². The molecule has 0 atom stereocenters. The first-order valence-corrected chi connectivity index (χ1v) is 13.3. The standard InChI is InChI=1S/C23H23FN2O4.C8H15N3/c1-15-20(7-5-16(9-12-27)22(15)24)30-21-8-10-25-19-6-4-17(14-18(19)21)23(28)26(2)11-13-29-3;1-8(2,3)11-6-7(9-4)5-10-11/h4-8,10,12,14H,9,11,13H2,1-3H3;5-6,9H,1-4H3. The van der Waals surface area contributed by atoms with E-state index in [0.29, 0.717) is 58.5 Å². The van der Waals surface area contributed by atoms with Crippen molar-refractivity contribution in [1.29, 1.82) is 0 Å². The first kappa shape index (κ1) is 31.2. The molecule has 0 saturated carbocycles. The summed E-state index contributed by atoms with van der Waals surface area (Å²) in [5.41, 5.74) is 2.91. The van der Waals surface area contributed by atoms with Crippen molar-refractivity contribution in [2.75, 3.05) is 39.7 Å². The van der Waals surface area contributed by atoms with Crippen molar-refractivity contribution in [2.45, 2.75) is 39.7 Å². The van der Waals surface area contributed by atoms with E-state index in [9.17, 15) is 14.0 Å². The monoisotopic (exact) mass is 563 g/mol. The third kappa shape index (κ3) is 7.88. The lowest BCUT2D eigenvalue weighted by Gasteiger charge is -2.18. The lowest BCUT2D eigenvalue weighted by molar-refractivity contribution is -0.107. The smallest absolute Gasteiger partial charge is 0.253 e. The topological polar surface area (TPSA) is 98.6 Å². The number of rotatable bonds is 9. The zero-order chi connectivity index (χ0) is 30.2. The van der Waals surface area contributed by atoms with E-state index in [4.69, 9.17) is 9.47 Å². The van der Waals surface area contributed by atoms with Gasteiger partial charge in [0.05, 0.1) is 29.5 Å². The molecule has 0 spiro atoms. The molecule has 2 heterocycles. The highest BCUT2D eigenvalue weighted by molar-refractivity contribution is 5.99. The van der Waals surface area contributed by atoms with E-state index in [1.54, 1.807) is 62.5 Å². The molecule has 0 radical (unpaired) electrons. The molecule has 2 aromatic heterocycles. The Balaban J connectivity index is 0.000000352. The Hall–Kier alpha value is -4.31. The normalized spacial score (nSPS) is 11.0. The van der Waals surface area contributed by atoms with Crippen molar-refractivity contribution in [3.63, 3.8) is 0 Å².